The highest BCUT2D eigenvalue weighted by molar-refractivity contribution is 5.43. The molecule has 0 aliphatic heterocycles. The van der Waals surface area contributed by atoms with Crippen molar-refractivity contribution in [3.05, 3.63) is 107 Å². The summed E-state index contributed by atoms with van der Waals surface area (Å²) in [5, 5.41) is 20.9. The van der Waals surface area contributed by atoms with Gasteiger partial charge in [0.05, 0.1) is 0 Å². The van der Waals surface area contributed by atoms with Gasteiger partial charge in [-0.25, -0.2) is 0 Å². The van der Waals surface area contributed by atoms with Crippen LogP contribution >= 0.6 is 0 Å². The summed E-state index contributed by atoms with van der Waals surface area (Å²) in [6, 6.07) is 26.1. The third kappa shape index (κ3) is 4.62. The Balaban J connectivity index is 1.84. The van der Waals surface area contributed by atoms with Crippen LogP contribution in [0.5, 0.6) is 0 Å². The van der Waals surface area contributed by atoms with Gasteiger partial charge in [0.15, 0.2) is 0 Å². The summed E-state index contributed by atoms with van der Waals surface area (Å²) in [6.07, 6.45) is -2.00. The van der Waals surface area contributed by atoms with Crippen molar-refractivity contribution in [2.45, 2.75) is 12.2 Å². The maximum atomic E-state index is 10.5. The van der Waals surface area contributed by atoms with E-state index in [1.54, 1.807) is 12.1 Å². The van der Waals surface area contributed by atoms with Crippen molar-refractivity contribution in [2.75, 3.05) is 0 Å². The van der Waals surface area contributed by atoms with Crippen LogP contribution in [0.2, 0.25) is 0 Å². The first-order valence-corrected chi connectivity index (χ1v) is 8.32. The molecule has 2 atom stereocenters. The molecule has 0 radical (unpaired) electrons. The minimum Gasteiger partial charge on any atom is -0.376 e. The molecule has 3 aromatic carbocycles. The Morgan fingerprint density at radius 3 is 1.23 bits per heavy atom. The molecule has 0 fully saturated rings. The Kier molecular flexibility index (Phi) is 5.86. The molecule has 0 aromatic heterocycles. The second-order valence-corrected chi connectivity index (χ2v) is 5.70. The lowest BCUT2D eigenvalue weighted by molar-refractivity contribution is 0.215. The van der Waals surface area contributed by atoms with Crippen molar-refractivity contribution >= 4 is 0 Å². The smallest absolute Gasteiger partial charge is 0.141 e. The van der Waals surface area contributed by atoms with Crippen LogP contribution in [0, 0.1) is 23.7 Å². The van der Waals surface area contributed by atoms with E-state index in [0.29, 0.717) is 11.1 Å². The summed E-state index contributed by atoms with van der Waals surface area (Å²) in [5.74, 6) is 11.6. The Morgan fingerprint density at radius 1 is 0.500 bits per heavy atom. The summed E-state index contributed by atoms with van der Waals surface area (Å²) in [4.78, 5) is 0. The number of aliphatic hydroxyl groups is 2. The van der Waals surface area contributed by atoms with Gasteiger partial charge in [0.25, 0.3) is 0 Å². The van der Waals surface area contributed by atoms with Crippen LogP contribution in [-0.4, -0.2) is 10.2 Å². The molecule has 0 unspecified atom stereocenters. The van der Waals surface area contributed by atoms with Crippen molar-refractivity contribution in [1.82, 2.24) is 0 Å². The second-order valence-electron chi connectivity index (χ2n) is 5.70. The zero-order valence-electron chi connectivity index (χ0n) is 14.1. The van der Waals surface area contributed by atoms with E-state index in [9.17, 15) is 10.2 Å². The van der Waals surface area contributed by atoms with Gasteiger partial charge in [0, 0.05) is 11.1 Å². The average Bonchev–Trinajstić information content (AvgIpc) is 2.72. The fraction of sp³-hybridized carbons (Fsp3) is 0.0833. The zero-order chi connectivity index (χ0) is 18.2. The fourth-order valence-corrected chi connectivity index (χ4v) is 2.51. The van der Waals surface area contributed by atoms with Crippen LogP contribution < -0.4 is 0 Å². The first-order valence-electron chi connectivity index (χ1n) is 8.32. The minimum atomic E-state index is -1.00. The summed E-state index contributed by atoms with van der Waals surface area (Å²) >= 11 is 0. The van der Waals surface area contributed by atoms with E-state index in [1.807, 2.05) is 72.8 Å². The van der Waals surface area contributed by atoms with Gasteiger partial charge in [-0.1, -0.05) is 84.3 Å². The molecule has 0 heterocycles. The first kappa shape index (κ1) is 17.5. The second kappa shape index (κ2) is 8.70. The van der Waals surface area contributed by atoms with Crippen LogP contribution in [0.25, 0.3) is 0 Å². The van der Waals surface area contributed by atoms with E-state index >= 15 is 0 Å². The van der Waals surface area contributed by atoms with E-state index < -0.39 is 12.2 Å². The van der Waals surface area contributed by atoms with Gasteiger partial charge in [0.1, 0.15) is 12.2 Å². The molecule has 3 aromatic rings. The first-order chi connectivity index (χ1) is 12.7. The SMILES string of the molecule is O[C@@H](C#Cc1ccccc1)c1ccccc1[C@@H](O)C#Cc1ccccc1. The third-order valence-corrected chi connectivity index (χ3v) is 3.84. The van der Waals surface area contributed by atoms with Crippen LogP contribution in [-0.2, 0) is 0 Å². The molecule has 3 rings (SSSR count). The third-order valence-electron chi connectivity index (χ3n) is 3.84. The predicted octanol–water partition coefficient (Wildman–Crippen LogP) is 3.86. The average molecular weight is 338 g/mol. The standard InChI is InChI=1S/C24H18O2/c25-23(17-15-19-9-3-1-4-10-19)21-13-7-8-14-22(21)24(26)18-16-20-11-5-2-6-12-20/h1-14,23-26H/t23-,24-/m0/s1. The molecule has 0 aliphatic carbocycles. The van der Waals surface area contributed by atoms with Crippen LogP contribution in [0.1, 0.15) is 34.5 Å². The van der Waals surface area contributed by atoms with Crippen LogP contribution in [0.15, 0.2) is 84.9 Å². The number of rotatable bonds is 2. The number of benzene rings is 3. The van der Waals surface area contributed by atoms with Gasteiger partial charge in [-0.3, -0.25) is 0 Å². The summed E-state index contributed by atoms with van der Waals surface area (Å²) in [6.45, 7) is 0. The Labute approximate surface area is 153 Å². The molecule has 0 saturated heterocycles. The maximum Gasteiger partial charge on any atom is 0.141 e. The Hall–Kier alpha value is -3.30. The zero-order valence-corrected chi connectivity index (χ0v) is 14.1. The minimum absolute atomic E-state index is 0.561. The lowest BCUT2D eigenvalue weighted by atomic mass is 9.98. The van der Waals surface area contributed by atoms with Gasteiger partial charge in [-0.05, 0) is 35.4 Å². The van der Waals surface area contributed by atoms with E-state index in [-0.39, 0.29) is 0 Å². The Bertz CT molecular complexity index is 888. The van der Waals surface area contributed by atoms with Gasteiger partial charge >= 0.3 is 0 Å². The van der Waals surface area contributed by atoms with E-state index in [2.05, 4.69) is 23.7 Å². The lowest BCUT2D eigenvalue weighted by Gasteiger charge is -2.12. The fourth-order valence-electron chi connectivity index (χ4n) is 2.51. The maximum absolute atomic E-state index is 10.5. The largest absolute Gasteiger partial charge is 0.376 e. The van der Waals surface area contributed by atoms with Gasteiger partial charge in [-0.15, -0.1) is 0 Å². The molecule has 0 aliphatic rings. The van der Waals surface area contributed by atoms with Gasteiger partial charge in [0.2, 0.25) is 0 Å². The highest BCUT2D eigenvalue weighted by Gasteiger charge is 2.14. The van der Waals surface area contributed by atoms with Crippen LogP contribution in [0.3, 0.4) is 0 Å². The quantitative estimate of drug-likeness (QED) is 0.697. The Morgan fingerprint density at radius 2 is 0.846 bits per heavy atom. The number of aliphatic hydroxyl groups excluding tert-OH is 2. The predicted molar refractivity (Wildman–Crippen MR) is 103 cm³/mol. The lowest BCUT2D eigenvalue weighted by Crippen LogP contribution is -2.04. The van der Waals surface area contributed by atoms with Crippen LogP contribution in [0.4, 0.5) is 0 Å². The molecular weight excluding hydrogens is 320 g/mol. The summed E-state index contributed by atoms with van der Waals surface area (Å²) in [5.41, 5.74) is 2.78. The van der Waals surface area contributed by atoms with Crippen molar-refractivity contribution in [1.29, 1.82) is 0 Å². The molecule has 0 amide bonds. The molecule has 0 bridgehead atoms. The van der Waals surface area contributed by atoms with Gasteiger partial charge < -0.3 is 10.2 Å². The molecule has 0 saturated carbocycles. The monoisotopic (exact) mass is 338 g/mol. The van der Waals surface area contributed by atoms with E-state index in [0.717, 1.165) is 11.1 Å². The molecule has 126 valence electrons. The molecular formula is C24H18O2. The molecule has 26 heavy (non-hydrogen) atoms. The van der Waals surface area contributed by atoms with Crippen molar-refractivity contribution in [2.24, 2.45) is 0 Å². The number of hydrogen-bond donors (Lipinski definition) is 2. The molecule has 2 nitrogen and oxygen atoms in total. The highest BCUT2D eigenvalue weighted by Crippen LogP contribution is 2.23. The van der Waals surface area contributed by atoms with Gasteiger partial charge in [-0.2, -0.15) is 0 Å². The summed E-state index contributed by atoms with van der Waals surface area (Å²) in [7, 11) is 0. The topological polar surface area (TPSA) is 40.5 Å². The normalized spacial score (nSPS) is 12.1. The van der Waals surface area contributed by atoms with E-state index in [4.69, 9.17) is 0 Å². The highest BCUT2D eigenvalue weighted by atomic mass is 16.3. The van der Waals surface area contributed by atoms with Crippen molar-refractivity contribution in [3.63, 3.8) is 0 Å². The van der Waals surface area contributed by atoms with E-state index in [1.165, 1.54) is 0 Å². The molecule has 2 N–H and O–H groups in total. The number of hydrogen-bond acceptors (Lipinski definition) is 2. The van der Waals surface area contributed by atoms with Crippen molar-refractivity contribution in [3.8, 4) is 23.7 Å². The van der Waals surface area contributed by atoms with Crippen molar-refractivity contribution < 1.29 is 10.2 Å². The molecule has 2 heteroatoms. The summed E-state index contributed by atoms with van der Waals surface area (Å²) < 4.78 is 0. The molecule has 0 spiro atoms.